The molecule has 0 saturated heterocycles. The standard InChI is InChI=1S/C15H12ClF3/c1-8-6-10(17)7-9(2)13(8)15(16)14-11(18)4-3-5-12(14)19/h3-7,15H,1-2H3. The summed E-state index contributed by atoms with van der Waals surface area (Å²) < 4.78 is 40.7. The third-order valence-corrected chi connectivity index (χ3v) is 3.50. The molecule has 1 atom stereocenters. The van der Waals surface area contributed by atoms with Gasteiger partial charge in [-0.05, 0) is 54.8 Å². The predicted octanol–water partition coefficient (Wildman–Crippen LogP) is 5.05. The van der Waals surface area contributed by atoms with Gasteiger partial charge in [-0.15, -0.1) is 11.6 Å². The predicted molar refractivity (Wildman–Crippen MR) is 69.9 cm³/mol. The molecule has 0 radical (unpaired) electrons. The van der Waals surface area contributed by atoms with E-state index in [0.717, 1.165) is 12.1 Å². The molecule has 0 heterocycles. The fraction of sp³-hybridized carbons (Fsp3) is 0.200. The van der Waals surface area contributed by atoms with Crippen LogP contribution >= 0.6 is 11.6 Å². The lowest BCUT2D eigenvalue weighted by Crippen LogP contribution is -2.05. The molecule has 0 bridgehead atoms. The molecule has 2 aromatic carbocycles. The quantitative estimate of drug-likeness (QED) is 0.677. The van der Waals surface area contributed by atoms with Crippen LogP contribution in [0.5, 0.6) is 0 Å². The summed E-state index contributed by atoms with van der Waals surface area (Å²) in [5, 5.41) is -0.984. The molecule has 19 heavy (non-hydrogen) atoms. The Labute approximate surface area is 114 Å². The Bertz CT molecular complexity index is 580. The fourth-order valence-electron chi connectivity index (χ4n) is 2.22. The van der Waals surface area contributed by atoms with Crippen molar-refractivity contribution in [1.29, 1.82) is 0 Å². The third kappa shape index (κ3) is 2.61. The van der Waals surface area contributed by atoms with E-state index in [1.807, 2.05) is 0 Å². The molecule has 0 aromatic heterocycles. The van der Waals surface area contributed by atoms with E-state index in [4.69, 9.17) is 11.6 Å². The molecule has 100 valence electrons. The number of halogens is 4. The van der Waals surface area contributed by atoms with Gasteiger partial charge in [0, 0.05) is 5.56 Å². The topological polar surface area (TPSA) is 0 Å². The molecule has 1 unspecified atom stereocenters. The average Bonchev–Trinajstić information content (AvgIpc) is 2.26. The number of benzene rings is 2. The molecule has 0 nitrogen and oxygen atoms in total. The molecule has 0 N–H and O–H groups in total. The van der Waals surface area contributed by atoms with Crippen LogP contribution in [0.1, 0.15) is 27.6 Å². The van der Waals surface area contributed by atoms with Crippen LogP contribution in [0.3, 0.4) is 0 Å². The van der Waals surface area contributed by atoms with E-state index in [2.05, 4.69) is 0 Å². The summed E-state index contributed by atoms with van der Waals surface area (Å²) in [5.74, 6) is -1.80. The van der Waals surface area contributed by atoms with Crippen LogP contribution < -0.4 is 0 Å². The Hall–Kier alpha value is -1.48. The Balaban J connectivity index is 2.60. The van der Waals surface area contributed by atoms with E-state index >= 15 is 0 Å². The van der Waals surface area contributed by atoms with Crippen molar-refractivity contribution in [3.8, 4) is 0 Å². The second kappa shape index (κ2) is 5.25. The molecule has 0 aliphatic heterocycles. The minimum absolute atomic E-state index is 0.207. The van der Waals surface area contributed by atoms with Gasteiger partial charge in [-0.2, -0.15) is 0 Å². The van der Waals surface area contributed by atoms with Crippen molar-refractivity contribution in [2.45, 2.75) is 19.2 Å². The lowest BCUT2D eigenvalue weighted by molar-refractivity contribution is 0.558. The summed E-state index contributed by atoms with van der Waals surface area (Å²) in [7, 11) is 0. The second-order valence-electron chi connectivity index (χ2n) is 4.45. The van der Waals surface area contributed by atoms with Crippen LogP contribution in [0.2, 0.25) is 0 Å². The first kappa shape index (κ1) is 13.9. The Kier molecular flexibility index (Phi) is 3.85. The SMILES string of the molecule is Cc1cc(F)cc(C)c1C(Cl)c1c(F)cccc1F. The summed E-state index contributed by atoms with van der Waals surface area (Å²) in [4.78, 5) is 0. The van der Waals surface area contributed by atoms with Crippen molar-refractivity contribution < 1.29 is 13.2 Å². The van der Waals surface area contributed by atoms with Crippen molar-refractivity contribution in [3.05, 3.63) is 70.0 Å². The first-order chi connectivity index (χ1) is 8.91. The number of alkyl halides is 1. The van der Waals surface area contributed by atoms with Crippen molar-refractivity contribution >= 4 is 11.6 Å². The molecule has 2 rings (SSSR count). The van der Waals surface area contributed by atoms with Crippen LogP contribution in [0, 0.1) is 31.3 Å². The van der Waals surface area contributed by atoms with Gasteiger partial charge in [0.05, 0.1) is 5.38 Å². The summed E-state index contributed by atoms with van der Waals surface area (Å²) in [6.07, 6.45) is 0. The van der Waals surface area contributed by atoms with Gasteiger partial charge in [0.2, 0.25) is 0 Å². The molecule has 2 aromatic rings. The molecule has 4 heteroatoms. The monoisotopic (exact) mass is 284 g/mol. The summed E-state index contributed by atoms with van der Waals surface area (Å²) in [6.45, 7) is 3.33. The van der Waals surface area contributed by atoms with Crippen LogP contribution in [0.15, 0.2) is 30.3 Å². The van der Waals surface area contributed by atoms with E-state index in [1.165, 1.54) is 18.2 Å². The molecule has 0 spiro atoms. The number of hydrogen-bond donors (Lipinski definition) is 0. The highest BCUT2D eigenvalue weighted by atomic mass is 35.5. The van der Waals surface area contributed by atoms with Gasteiger partial charge in [0.15, 0.2) is 0 Å². The van der Waals surface area contributed by atoms with Crippen LogP contribution in [-0.4, -0.2) is 0 Å². The molecule has 0 aliphatic rings. The highest BCUT2D eigenvalue weighted by molar-refractivity contribution is 6.22. The van der Waals surface area contributed by atoms with Gasteiger partial charge in [-0.3, -0.25) is 0 Å². The van der Waals surface area contributed by atoms with Gasteiger partial charge in [-0.1, -0.05) is 6.07 Å². The maximum absolute atomic E-state index is 13.7. The fourth-order valence-corrected chi connectivity index (χ4v) is 2.77. The van der Waals surface area contributed by atoms with Crippen LogP contribution in [0.25, 0.3) is 0 Å². The maximum atomic E-state index is 13.7. The average molecular weight is 285 g/mol. The number of hydrogen-bond acceptors (Lipinski definition) is 0. The van der Waals surface area contributed by atoms with E-state index < -0.39 is 22.8 Å². The minimum Gasteiger partial charge on any atom is -0.207 e. The van der Waals surface area contributed by atoms with Gasteiger partial charge in [0.1, 0.15) is 17.5 Å². The highest BCUT2D eigenvalue weighted by Gasteiger charge is 2.23. The zero-order chi connectivity index (χ0) is 14.2. The van der Waals surface area contributed by atoms with E-state index in [0.29, 0.717) is 16.7 Å². The van der Waals surface area contributed by atoms with E-state index in [-0.39, 0.29) is 5.56 Å². The second-order valence-corrected chi connectivity index (χ2v) is 4.89. The first-order valence-corrected chi connectivity index (χ1v) is 6.20. The lowest BCUT2D eigenvalue weighted by Gasteiger charge is -2.17. The zero-order valence-electron chi connectivity index (χ0n) is 10.5. The van der Waals surface area contributed by atoms with Crippen molar-refractivity contribution in [2.24, 2.45) is 0 Å². The molecule has 0 fully saturated rings. The lowest BCUT2D eigenvalue weighted by atomic mass is 9.95. The van der Waals surface area contributed by atoms with Crippen molar-refractivity contribution in [1.82, 2.24) is 0 Å². The molecule has 0 aliphatic carbocycles. The number of rotatable bonds is 2. The van der Waals surface area contributed by atoms with Crippen LogP contribution in [-0.2, 0) is 0 Å². The largest absolute Gasteiger partial charge is 0.207 e. The molecule has 0 amide bonds. The molecular formula is C15H12ClF3. The van der Waals surface area contributed by atoms with E-state index in [9.17, 15) is 13.2 Å². The smallest absolute Gasteiger partial charge is 0.131 e. The van der Waals surface area contributed by atoms with Crippen LogP contribution in [0.4, 0.5) is 13.2 Å². The van der Waals surface area contributed by atoms with Crippen molar-refractivity contribution in [3.63, 3.8) is 0 Å². The van der Waals surface area contributed by atoms with E-state index in [1.54, 1.807) is 13.8 Å². The molecule has 0 saturated carbocycles. The Morgan fingerprint density at radius 3 is 1.84 bits per heavy atom. The third-order valence-electron chi connectivity index (χ3n) is 3.07. The minimum atomic E-state index is -0.984. The van der Waals surface area contributed by atoms with Gasteiger partial charge >= 0.3 is 0 Å². The summed E-state index contributed by atoms with van der Waals surface area (Å²) >= 11 is 6.20. The summed E-state index contributed by atoms with van der Waals surface area (Å²) in [5.41, 5.74) is 1.47. The van der Waals surface area contributed by atoms with Gasteiger partial charge in [-0.25, -0.2) is 13.2 Å². The van der Waals surface area contributed by atoms with Crippen molar-refractivity contribution in [2.75, 3.05) is 0 Å². The maximum Gasteiger partial charge on any atom is 0.131 e. The highest BCUT2D eigenvalue weighted by Crippen LogP contribution is 2.36. The van der Waals surface area contributed by atoms with Gasteiger partial charge in [0.25, 0.3) is 0 Å². The zero-order valence-corrected chi connectivity index (χ0v) is 11.2. The number of aryl methyl sites for hydroxylation is 2. The Morgan fingerprint density at radius 1 is 0.895 bits per heavy atom. The normalized spacial score (nSPS) is 12.5. The first-order valence-electron chi connectivity index (χ1n) is 5.76. The van der Waals surface area contributed by atoms with Gasteiger partial charge < -0.3 is 0 Å². The Morgan fingerprint density at radius 2 is 1.37 bits per heavy atom. The summed E-state index contributed by atoms with van der Waals surface area (Å²) in [6, 6.07) is 6.19. The molecular weight excluding hydrogens is 273 g/mol.